The maximum absolute atomic E-state index is 10.6. The molecule has 2 aromatic rings. The second kappa shape index (κ2) is 3.80. The number of hydrogen-bond acceptors (Lipinski definition) is 4. The molecule has 0 bridgehead atoms. The molecule has 0 spiro atoms. The van der Waals surface area contributed by atoms with Crippen molar-refractivity contribution in [3.8, 4) is 0 Å². The van der Waals surface area contributed by atoms with Gasteiger partial charge in [-0.2, -0.15) is 5.10 Å². The lowest BCUT2D eigenvalue weighted by atomic mass is 10.4. The molecule has 0 saturated heterocycles. The lowest BCUT2D eigenvalue weighted by Gasteiger charge is -2.15. The maximum atomic E-state index is 10.6. The molecule has 16 heavy (non-hydrogen) atoms. The number of aryl methyl sites for hydroxylation is 1. The first kappa shape index (κ1) is 10.4. The van der Waals surface area contributed by atoms with Crippen LogP contribution in [0.3, 0.4) is 0 Å². The molecule has 0 radical (unpaired) electrons. The first-order chi connectivity index (χ1) is 7.58. The molecule has 0 amide bonds. The van der Waals surface area contributed by atoms with Crippen molar-refractivity contribution in [3.63, 3.8) is 0 Å². The molecule has 84 valence electrons. The smallest absolute Gasteiger partial charge is 0.323 e. The summed E-state index contributed by atoms with van der Waals surface area (Å²) in [5, 5.41) is 13.0. The van der Waals surface area contributed by atoms with Gasteiger partial charge in [0.25, 0.3) is 0 Å². The van der Waals surface area contributed by atoms with E-state index in [1.807, 2.05) is 13.0 Å². The van der Waals surface area contributed by atoms with Gasteiger partial charge in [0.1, 0.15) is 12.1 Å². The summed E-state index contributed by atoms with van der Waals surface area (Å²) in [5.74, 6) is -0.270. The van der Waals surface area contributed by atoms with Crippen molar-refractivity contribution >= 4 is 17.3 Å². The Bertz CT molecular complexity index is 535. The van der Waals surface area contributed by atoms with Gasteiger partial charge in [0.2, 0.25) is 0 Å². The zero-order valence-electron chi connectivity index (χ0n) is 9.08. The minimum atomic E-state index is -0.887. The number of anilines is 1. The van der Waals surface area contributed by atoms with Crippen molar-refractivity contribution in [1.29, 1.82) is 0 Å². The van der Waals surface area contributed by atoms with Gasteiger partial charge in [0, 0.05) is 19.4 Å². The zero-order chi connectivity index (χ0) is 11.7. The van der Waals surface area contributed by atoms with Gasteiger partial charge in [-0.1, -0.05) is 0 Å². The van der Waals surface area contributed by atoms with E-state index in [9.17, 15) is 4.79 Å². The Kier molecular flexibility index (Phi) is 2.47. The normalized spacial score (nSPS) is 10.6. The Hall–Kier alpha value is -2.11. The number of hydrogen-bond donors (Lipinski definition) is 1. The van der Waals surface area contributed by atoms with Gasteiger partial charge < -0.3 is 10.0 Å². The third-order valence-corrected chi connectivity index (χ3v) is 2.23. The van der Waals surface area contributed by atoms with Gasteiger partial charge in [0.05, 0.1) is 5.69 Å². The molecule has 0 fully saturated rings. The lowest BCUT2D eigenvalue weighted by molar-refractivity contribution is -0.135. The van der Waals surface area contributed by atoms with Gasteiger partial charge in [-0.15, -0.1) is 0 Å². The van der Waals surface area contributed by atoms with Crippen LogP contribution in [0.2, 0.25) is 0 Å². The van der Waals surface area contributed by atoms with Gasteiger partial charge in [-0.3, -0.25) is 4.79 Å². The van der Waals surface area contributed by atoms with Gasteiger partial charge in [-0.05, 0) is 13.0 Å². The summed E-state index contributed by atoms with van der Waals surface area (Å²) in [5.41, 5.74) is 1.68. The molecule has 0 aliphatic carbocycles. The topological polar surface area (TPSA) is 70.7 Å². The number of carbonyl (C=O) groups is 1. The molecule has 2 aromatic heterocycles. The van der Waals surface area contributed by atoms with E-state index in [2.05, 4.69) is 10.1 Å². The third-order valence-electron chi connectivity index (χ3n) is 2.23. The Labute approximate surface area is 92.1 Å². The van der Waals surface area contributed by atoms with Crippen molar-refractivity contribution in [1.82, 2.24) is 14.6 Å². The van der Waals surface area contributed by atoms with E-state index in [1.165, 1.54) is 0 Å². The lowest BCUT2D eigenvalue weighted by Crippen LogP contribution is -2.26. The number of carboxylic acids is 1. The van der Waals surface area contributed by atoms with Crippen LogP contribution in [0.15, 0.2) is 18.5 Å². The molecule has 2 heterocycles. The fourth-order valence-corrected chi connectivity index (χ4v) is 1.60. The molecule has 0 atom stereocenters. The van der Waals surface area contributed by atoms with Gasteiger partial charge >= 0.3 is 5.97 Å². The summed E-state index contributed by atoms with van der Waals surface area (Å²) in [6, 6.07) is 1.88. The summed E-state index contributed by atoms with van der Waals surface area (Å²) in [7, 11) is 1.69. The van der Waals surface area contributed by atoms with E-state index in [4.69, 9.17) is 5.11 Å². The summed E-state index contributed by atoms with van der Waals surface area (Å²) in [6.45, 7) is 1.80. The molecule has 1 N–H and O–H groups in total. The second-order valence-corrected chi connectivity index (χ2v) is 3.62. The predicted octanol–water partition coefficient (Wildman–Crippen LogP) is 0.559. The first-order valence-corrected chi connectivity index (χ1v) is 4.82. The van der Waals surface area contributed by atoms with E-state index < -0.39 is 5.97 Å². The molecule has 0 aromatic carbocycles. The quantitative estimate of drug-likeness (QED) is 0.818. The van der Waals surface area contributed by atoms with E-state index in [0.717, 1.165) is 11.2 Å². The molecule has 0 aliphatic rings. The van der Waals surface area contributed by atoms with Crippen molar-refractivity contribution in [2.75, 3.05) is 18.5 Å². The summed E-state index contributed by atoms with van der Waals surface area (Å²) < 4.78 is 1.69. The van der Waals surface area contributed by atoms with Crippen LogP contribution in [0, 0.1) is 6.92 Å². The predicted molar refractivity (Wildman–Crippen MR) is 58.6 cm³/mol. The minimum Gasteiger partial charge on any atom is -0.480 e. The minimum absolute atomic E-state index is 0.0864. The van der Waals surface area contributed by atoms with Gasteiger partial charge in [-0.25, -0.2) is 9.50 Å². The van der Waals surface area contributed by atoms with Crippen LogP contribution in [0.5, 0.6) is 0 Å². The fourth-order valence-electron chi connectivity index (χ4n) is 1.60. The highest BCUT2D eigenvalue weighted by Crippen LogP contribution is 2.17. The van der Waals surface area contributed by atoms with Gasteiger partial charge in [0.15, 0.2) is 5.82 Å². The second-order valence-electron chi connectivity index (χ2n) is 3.62. The molecule has 6 heteroatoms. The highest BCUT2D eigenvalue weighted by atomic mass is 16.4. The highest BCUT2D eigenvalue weighted by Gasteiger charge is 2.11. The number of aromatic nitrogens is 3. The van der Waals surface area contributed by atoms with Crippen LogP contribution in [0.1, 0.15) is 5.69 Å². The van der Waals surface area contributed by atoms with Crippen molar-refractivity contribution in [2.24, 2.45) is 0 Å². The Morgan fingerprint density at radius 3 is 3.06 bits per heavy atom. The van der Waals surface area contributed by atoms with E-state index >= 15 is 0 Å². The van der Waals surface area contributed by atoms with Crippen molar-refractivity contribution < 1.29 is 9.90 Å². The first-order valence-electron chi connectivity index (χ1n) is 4.82. The van der Waals surface area contributed by atoms with Crippen molar-refractivity contribution in [3.05, 3.63) is 24.2 Å². The number of likely N-dealkylation sites (N-methyl/N-ethyl adjacent to an activating group) is 1. The van der Waals surface area contributed by atoms with Crippen LogP contribution in [0.4, 0.5) is 5.82 Å². The van der Waals surface area contributed by atoms with Crippen LogP contribution in [-0.2, 0) is 4.79 Å². The largest absolute Gasteiger partial charge is 0.480 e. The highest BCUT2D eigenvalue weighted by molar-refractivity contribution is 5.77. The average molecular weight is 220 g/mol. The molecule has 0 unspecified atom stereocenters. The summed E-state index contributed by atoms with van der Waals surface area (Å²) in [4.78, 5) is 16.4. The zero-order valence-corrected chi connectivity index (χ0v) is 9.08. The number of nitrogens with zero attached hydrogens (tertiary/aromatic N) is 4. The van der Waals surface area contributed by atoms with Crippen LogP contribution in [-0.4, -0.2) is 39.3 Å². The van der Waals surface area contributed by atoms with Crippen molar-refractivity contribution in [2.45, 2.75) is 6.92 Å². The number of carboxylic acid groups (broad SMARTS) is 1. The number of fused-ring (bicyclic) bond motifs is 1. The Morgan fingerprint density at radius 2 is 2.38 bits per heavy atom. The molecule has 2 rings (SSSR count). The monoisotopic (exact) mass is 220 g/mol. The average Bonchev–Trinajstić information content (AvgIpc) is 2.55. The number of rotatable bonds is 3. The molecular formula is C10H12N4O2. The Balaban J connectivity index is 2.47. The van der Waals surface area contributed by atoms with E-state index in [-0.39, 0.29) is 6.54 Å². The van der Waals surface area contributed by atoms with E-state index in [1.54, 1.807) is 28.9 Å². The Morgan fingerprint density at radius 1 is 1.62 bits per heavy atom. The standard InChI is InChI=1S/C10H12N4O2/c1-7-5-8-10(13(2)6-9(15)16)11-3-4-14(8)12-7/h3-5H,6H2,1-2H3,(H,15,16). The molecule has 0 aliphatic heterocycles. The van der Waals surface area contributed by atoms with Crippen LogP contribution in [0.25, 0.3) is 5.52 Å². The fraction of sp³-hybridized carbons (Fsp3) is 0.300. The maximum Gasteiger partial charge on any atom is 0.323 e. The molecular weight excluding hydrogens is 208 g/mol. The van der Waals surface area contributed by atoms with Crippen LogP contribution >= 0.6 is 0 Å². The SMILES string of the molecule is Cc1cc2c(N(C)CC(=O)O)nccn2n1. The summed E-state index contributed by atoms with van der Waals surface area (Å²) >= 11 is 0. The van der Waals surface area contributed by atoms with E-state index in [0.29, 0.717) is 5.82 Å². The summed E-state index contributed by atoms with van der Waals surface area (Å²) in [6.07, 6.45) is 3.34. The third kappa shape index (κ3) is 1.81. The van der Waals surface area contributed by atoms with Crippen LogP contribution < -0.4 is 4.90 Å². The molecule has 6 nitrogen and oxygen atoms in total. The molecule has 0 saturated carbocycles. The number of aliphatic carboxylic acids is 1.